The minimum absolute atomic E-state index is 0.181. The molecule has 13 heteroatoms. The summed E-state index contributed by atoms with van der Waals surface area (Å²) >= 11 is 0. The molecule has 0 spiro atoms. The minimum atomic E-state index is -4.61. The van der Waals surface area contributed by atoms with Gasteiger partial charge in [-0.05, 0) is 44.9 Å². The van der Waals surface area contributed by atoms with Gasteiger partial charge in [-0.2, -0.15) is 8.42 Å². The van der Waals surface area contributed by atoms with E-state index >= 15 is 0 Å². The Balaban J connectivity index is 2.53. The van der Waals surface area contributed by atoms with Crippen LogP contribution >= 0.6 is 0 Å². The number of carbonyl (C=O) groups excluding carboxylic acids is 2. The molecule has 0 bridgehead atoms. The number of allylic oxidation sites excluding steroid dienone is 7. The molecule has 2 unspecified atom stereocenters. The Morgan fingerprint density at radius 1 is 0.621 bits per heavy atom. The fourth-order valence-corrected chi connectivity index (χ4v) is 7.21. The molecule has 0 saturated carbocycles. The second-order valence-electron chi connectivity index (χ2n) is 15.5. The standard InChI is InChI=1S/C45H78O12S/c1-3-5-7-9-11-13-15-17-19-21-23-25-27-29-31-33-40(46)54-35-38(36-55-45-44(50)43(49)42(48)39(57-45)37-58(51,52)53)56-41(47)34-32-30-28-26-24-22-20-18-16-14-12-10-8-6-4-2/h13,15,17,19,28,30,32,34,38-39,42-45,48-50H,3-12,14,16,18,20-27,29,31,33,35-37H2,1-2H3,(H,51,52,53)/b15-13+,19-17+,30-28+,34-32+/t38-,39-,42-,43?,44?,45+/m1/s1. The Morgan fingerprint density at radius 2 is 1.09 bits per heavy atom. The van der Waals surface area contributed by atoms with Gasteiger partial charge in [0.15, 0.2) is 12.4 Å². The molecule has 6 atom stereocenters. The summed E-state index contributed by atoms with van der Waals surface area (Å²) < 4.78 is 53.8. The summed E-state index contributed by atoms with van der Waals surface area (Å²) in [7, 11) is -4.61. The van der Waals surface area contributed by atoms with Gasteiger partial charge in [0.25, 0.3) is 10.1 Å². The van der Waals surface area contributed by atoms with Crippen LogP contribution in [0.15, 0.2) is 48.6 Å². The quantitative estimate of drug-likeness (QED) is 0.0155. The third-order valence-corrected chi connectivity index (χ3v) is 10.8. The summed E-state index contributed by atoms with van der Waals surface area (Å²) in [5.74, 6) is -2.27. The van der Waals surface area contributed by atoms with E-state index < -0.39 is 71.2 Å². The first-order chi connectivity index (χ1) is 28.0. The first-order valence-electron chi connectivity index (χ1n) is 22.3. The van der Waals surface area contributed by atoms with E-state index in [9.17, 15) is 37.9 Å². The lowest BCUT2D eigenvalue weighted by molar-refractivity contribution is -0.297. The maximum atomic E-state index is 12.7. The number of aliphatic hydroxyl groups is 3. The van der Waals surface area contributed by atoms with E-state index in [-0.39, 0.29) is 13.0 Å². The monoisotopic (exact) mass is 843 g/mol. The second kappa shape index (κ2) is 35.4. The first kappa shape index (κ1) is 53.6. The SMILES string of the molecule is CCCCCC/C=C/C=C/CCCCCCCC(=O)OC[C@H](CO[C@H]1O[C@H](CS(=O)(=O)O)[C@@H](O)C(O)C1O)OC(=O)/C=C/C=C/CCCCCCCCCCCCC. The number of carbonyl (C=O) groups is 2. The topological polar surface area (TPSA) is 186 Å². The van der Waals surface area contributed by atoms with Crippen LogP contribution in [0.4, 0.5) is 0 Å². The third kappa shape index (κ3) is 29.8. The average molecular weight is 843 g/mol. The lowest BCUT2D eigenvalue weighted by Gasteiger charge is -2.40. The van der Waals surface area contributed by atoms with Gasteiger partial charge in [-0.3, -0.25) is 9.35 Å². The zero-order valence-corrected chi connectivity index (χ0v) is 36.5. The van der Waals surface area contributed by atoms with Crippen LogP contribution < -0.4 is 0 Å². The van der Waals surface area contributed by atoms with Crippen molar-refractivity contribution in [1.29, 1.82) is 0 Å². The molecule has 1 fully saturated rings. The van der Waals surface area contributed by atoms with Crippen molar-refractivity contribution in [3.05, 3.63) is 48.6 Å². The van der Waals surface area contributed by atoms with E-state index in [2.05, 4.69) is 38.2 Å². The highest BCUT2D eigenvalue weighted by Crippen LogP contribution is 2.24. The van der Waals surface area contributed by atoms with Gasteiger partial charge < -0.3 is 34.3 Å². The molecule has 1 heterocycles. The maximum Gasteiger partial charge on any atom is 0.331 e. The van der Waals surface area contributed by atoms with Crippen molar-refractivity contribution in [2.45, 2.75) is 205 Å². The molecular formula is C45H78O12S. The lowest BCUT2D eigenvalue weighted by atomic mass is 10.00. The zero-order chi connectivity index (χ0) is 42.7. The number of rotatable bonds is 36. The van der Waals surface area contributed by atoms with E-state index in [1.807, 2.05) is 6.08 Å². The summed E-state index contributed by atoms with van der Waals surface area (Å²) in [6, 6.07) is 0. The highest BCUT2D eigenvalue weighted by Gasteiger charge is 2.46. The molecule has 4 N–H and O–H groups in total. The lowest BCUT2D eigenvalue weighted by Crippen LogP contribution is -2.60. The van der Waals surface area contributed by atoms with E-state index in [4.69, 9.17) is 18.9 Å². The van der Waals surface area contributed by atoms with Crippen LogP contribution in [0.1, 0.15) is 168 Å². The Kier molecular flexibility index (Phi) is 32.7. The van der Waals surface area contributed by atoms with Crippen LogP contribution in [-0.4, -0.2) is 96.0 Å². The molecule has 1 aliphatic rings. The van der Waals surface area contributed by atoms with E-state index in [1.54, 1.807) is 12.2 Å². The van der Waals surface area contributed by atoms with Crippen LogP contribution in [0.2, 0.25) is 0 Å². The highest BCUT2D eigenvalue weighted by molar-refractivity contribution is 7.85. The molecule has 0 aromatic carbocycles. The Bertz CT molecular complexity index is 1260. The van der Waals surface area contributed by atoms with Crippen molar-refractivity contribution in [1.82, 2.24) is 0 Å². The molecule has 1 rings (SSSR count). The number of unbranched alkanes of at least 4 members (excludes halogenated alkanes) is 20. The molecule has 1 saturated heterocycles. The molecule has 336 valence electrons. The van der Waals surface area contributed by atoms with Crippen molar-refractivity contribution >= 4 is 22.1 Å². The van der Waals surface area contributed by atoms with Gasteiger partial charge in [0.1, 0.15) is 36.8 Å². The van der Waals surface area contributed by atoms with E-state index in [1.165, 1.54) is 89.5 Å². The number of aliphatic hydroxyl groups excluding tert-OH is 3. The van der Waals surface area contributed by atoms with Crippen molar-refractivity contribution in [2.75, 3.05) is 19.0 Å². The normalized spacial score (nSPS) is 20.8. The van der Waals surface area contributed by atoms with Crippen LogP contribution in [0.3, 0.4) is 0 Å². The molecule has 0 amide bonds. The molecule has 0 aromatic rings. The molecule has 1 aliphatic heterocycles. The number of esters is 2. The zero-order valence-electron chi connectivity index (χ0n) is 35.6. The summed E-state index contributed by atoms with van der Waals surface area (Å²) in [5, 5.41) is 30.8. The highest BCUT2D eigenvalue weighted by atomic mass is 32.2. The van der Waals surface area contributed by atoms with Crippen molar-refractivity contribution in [3.8, 4) is 0 Å². The van der Waals surface area contributed by atoms with Crippen LogP contribution in [0.25, 0.3) is 0 Å². The summed E-state index contributed by atoms with van der Waals surface area (Å²) in [6.07, 6.45) is 32.2. The van der Waals surface area contributed by atoms with Gasteiger partial charge in [-0.15, -0.1) is 0 Å². The predicted octanol–water partition coefficient (Wildman–Crippen LogP) is 8.78. The van der Waals surface area contributed by atoms with Crippen molar-refractivity contribution in [2.24, 2.45) is 0 Å². The minimum Gasteiger partial charge on any atom is -0.462 e. The largest absolute Gasteiger partial charge is 0.462 e. The van der Waals surface area contributed by atoms with Gasteiger partial charge in [0, 0.05) is 12.5 Å². The molecular weight excluding hydrogens is 765 g/mol. The number of hydrogen-bond donors (Lipinski definition) is 4. The smallest absolute Gasteiger partial charge is 0.331 e. The fourth-order valence-electron chi connectivity index (χ4n) is 6.52. The fraction of sp³-hybridized carbons (Fsp3) is 0.778. The summed E-state index contributed by atoms with van der Waals surface area (Å²) in [6.45, 7) is 3.62. The summed E-state index contributed by atoms with van der Waals surface area (Å²) in [4.78, 5) is 25.2. The van der Waals surface area contributed by atoms with Gasteiger partial charge in [0.2, 0.25) is 0 Å². The predicted molar refractivity (Wildman–Crippen MR) is 229 cm³/mol. The van der Waals surface area contributed by atoms with Gasteiger partial charge in [-0.1, -0.05) is 159 Å². The van der Waals surface area contributed by atoms with Crippen LogP contribution in [0, 0.1) is 0 Å². The van der Waals surface area contributed by atoms with Crippen molar-refractivity contribution < 1.29 is 56.8 Å². The second-order valence-corrected chi connectivity index (χ2v) is 17.0. The van der Waals surface area contributed by atoms with Crippen molar-refractivity contribution in [3.63, 3.8) is 0 Å². The first-order valence-corrected chi connectivity index (χ1v) is 23.9. The Hall–Kier alpha value is -2.39. The van der Waals surface area contributed by atoms with Gasteiger partial charge in [-0.25, -0.2) is 4.79 Å². The van der Waals surface area contributed by atoms with Gasteiger partial charge >= 0.3 is 11.9 Å². The van der Waals surface area contributed by atoms with Crippen LogP contribution in [0.5, 0.6) is 0 Å². The third-order valence-electron chi connectivity index (χ3n) is 10.0. The number of ether oxygens (including phenoxy) is 4. The molecule has 12 nitrogen and oxygen atoms in total. The maximum absolute atomic E-state index is 12.7. The molecule has 0 radical (unpaired) electrons. The molecule has 58 heavy (non-hydrogen) atoms. The summed E-state index contributed by atoms with van der Waals surface area (Å²) in [5.41, 5.74) is 0. The Labute approximate surface area is 350 Å². The average Bonchev–Trinajstić information content (AvgIpc) is 3.18. The molecule has 0 aromatic heterocycles. The number of hydrogen-bond acceptors (Lipinski definition) is 11. The van der Waals surface area contributed by atoms with Gasteiger partial charge in [0.05, 0.1) is 6.61 Å². The van der Waals surface area contributed by atoms with E-state index in [0.717, 1.165) is 57.8 Å². The molecule has 0 aliphatic carbocycles. The Morgan fingerprint density at radius 3 is 1.60 bits per heavy atom. The van der Waals surface area contributed by atoms with Crippen LogP contribution in [-0.2, 0) is 38.7 Å². The van der Waals surface area contributed by atoms with E-state index in [0.29, 0.717) is 6.42 Å².